The number of imide groups is 1. The standard InChI is InChI=1S/C25H31N5O6S/c26-15-23(32)29-25(34)21-11-8-19(16-28-21)24(33)30-37(35,36)20-9-6-17(7-10-20)12-13-27-22(31)14-18-4-2-1-3-5-18/h6-11,16,18H,1-5,12-15,26H2,(H,27,31)(H,30,33)(H,29,32,34). The highest BCUT2D eigenvalue weighted by molar-refractivity contribution is 7.90. The predicted molar refractivity (Wildman–Crippen MR) is 135 cm³/mol. The summed E-state index contributed by atoms with van der Waals surface area (Å²) in [4.78, 5) is 51.3. The van der Waals surface area contributed by atoms with Gasteiger partial charge in [-0.15, -0.1) is 0 Å². The zero-order valence-electron chi connectivity index (χ0n) is 20.4. The second kappa shape index (κ2) is 13.1. The highest BCUT2D eigenvalue weighted by Gasteiger charge is 2.20. The van der Waals surface area contributed by atoms with E-state index in [-0.39, 0.29) is 28.6 Å². The number of hydrogen-bond acceptors (Lipinski definition) is 8. The monoisotopic (exact) mass is 529 g/mol. The molecule has 3 rings (SSSR count). The molecule has 1 saturated carbocycles. The van der Waals surface area contributed by atoms with Crippen molar-refractivity contribution in [3.8, 4) is 0 Å². The van der Waals surface area contributed by atoms with Crippen molar-refractivity contribution < 1.29 is 27.6 Å². The van der Waals surface area contributed by atoms with Gasteiger partial charge in [-0.1, -0.05) is 31.4 Å². The van der Waals surface area contributed by atoms with E-state index in [9.17, 15) is 27.6 Å². The highest BCUT2D eigenvalue weighted by Crippen LogP contribution is 2.26. The maximum atomic E-state index is 12.6. The quantitative estimate of drug-likeness (QED) is 0.353. The number of pyridine rings is 1. The summed E-state index contributed by atoms with van der Waals surface area (Å²) in [5.74, 6) is -1.90. The summed E-state index contributed by atoms with van der Waals surface area (Å²) in [5, 5.41) is 4.93. The minimum Gasteiger partial charge on any atom is -0.356 e. The lowest BCUT2D eigenvalue weighted by Crippen LogP contribution is -2.36. The fourth-order valence-corrected chi connectivity index (χ4v) is 5.03. The minimum atomic E-state index is -4.16. The fourth-order valence-electron chi connectivity index (χ4n) is 4.05. The molecule has 0 bridgehead atoms. The van der Waals surface area contributed by atoms with Crippen molar-refractivity contribution in [1.29, 1.82) is 0 Å². The van der Waals surface area contributed by atoms with Crippen molar-refractivity contribution in [2.75, 3.05) is 13.1 Å². The molecule has 0 spiro atoms. The average Bonchev–Trinajstić information content (AvgIpc) is 2.89. The Kier molecular flexibility index (Phi) is 9.86. The zero-order valence-corrected chi connectivity index (χ0v) is 21.2. The molecule has 2 aromatic rings. The Hall–Kier alpha value is -3.64. The lowest BCUT2D eigenvalue weighted by atomic mass is 9.87. The second-order valence-electron chi connectivity index (χ2n) is 8.90. The molecule has 5 N–H and O–H groups in total. The van der Waals surface area contributed by atoms with Crippen LogP contribution < -0.4 is 21.1 Å². The lowest BCUT2D eigenvalue weighted by molar-refractivity contribution is -0.122. The Morgan fingerprint density at radius 3 is 2.24 bits per heavy atom. The van der Waals surface area contributed by atoms with Gasteiger partial charge in [-0.25, -0.2) is 13.1 Å². The van der Waals surface area contributed by atoms with Gasteiger partial charge in [-0.2, -0.15) is 0 Å². The first-order valence-corrected chi connectivity index (χ1v) is 13.6. The predicted octanol–water partition coefficient (Wildman–Crippen LogP) is 1.04. The molecule has 0 radical (unpaired) electrons. The van der Waals surface area contributed by atoms with Crippen molar-refractivity contribution in [3.63, 3.8) is 0 Å². The summed E-state index contributed by atoms with van der Waals surface area (Å²) < 4.78 is 27.2. The molecule has 198 valence electrons. The van der Waals surface area contributed by atoms with Crippen molar-refractivity contribution in [2.24, 2.45) is 11.7 Å². The first-order valence-electron chi connectivity index (χ1n) is 12.1. The molecular weight excluding hydrogens is 498 g/mol. The van der Waals surface area contributed by atoms with E-state index >= 15 is 0 Å². The number of nitrogens with two attached hydrogens (primary N) is 1. The maximum Gasteiger partial charge on any atom is 0.276 e. The molecule has 1 fully saturated rings. The van der Waals surface area contributed by atoms with Crippen LogP contribution in [-0.4, -0.2) is 50.1 Å². The van der Waals surface area contributed by atoms with Crippen molar-refractivity contribution in [2.45, 2.75) is 49.8 Å². The number of hydrogen-bond donors (Lipinski definition) is 4. The fraction of sp³-hybridized carbons (Fsp3) is 0.400. The summed E-state index contributed by atoms with van der Waals surface area (Å²) in [6.45, 7) is 0.0812. The number of nitrogens with one attached hydrogen (secondary N) is 3. The Bertz CT molecular complexity index is 1220. The Labute approximate surface area is 215 Å². The number of carbonyl (C=O) groups excluding carboxylic acids is 4. The largest absolute Gasteiger partial charge is 0.356 e. The van der Waals surface area contributed by atoms with Gasteiger partial charge >= 0.3 is 0 Å². The van der Waals surface area contributed by atoms with Crippen LogP contribution in [0.25, 0.3) is 0 Å². The van der Waals surface area contributed by atoms with E-state index in [0.717, 1.165) is 24.6 Å². The van der Waals surface area contributed by atoms with E-state index in [4.69, 9.17) is 5.73 Å². The van der Waals surface area contributed by atoms with Crippen LogP contribution in [0.5, 0.6) is 0 Å². The maximum absolute atomic E-state index is 12.6. The van der Waals surface area contributed by atoms with Crippen LogP contribution in [0, 0.1) is 5.92 Å². The van der Waals surface area contributed by atoms with Gasteiger partial charge < -0.3 is 11.1 Å². The van der Waals surface area contributed by atoms with E-state index in [1.54, 1.807) is 12.1 Å². The van der Waals surface area contributed by atoms with Crippen LogP contribution in [0.1, 0.15) is 64.9 Å². The molecule has 1 heterocycles. The van der Waals surface area contributed by atoms with Crippen LogP contribution in [0.2, 0.25) is 0 Å². The summed E-state index contributed by atoms with van der Waals surface area (Å²) in [6.07, 6.45) is 7.97. The lowest BCUT2D eigenvalue weighted by Gasteiger charge is -2.20. The van der Waals surface area contributed by atoms with Gasteiger partial charge in [0.2, 0.25) is 11.8 Å². The molecule has 11 nitrogen and oxygen atoms in total. The van der Waals surface area contributed by atoms with Gasteiger partial charge in [0.1, 0.15) is 5.69 Å². The van der Waals surface area contributed by atoms with Crippen molar-refractivity contribution >= 4 is 33.7 Å². The van der Waals surface area contributed by atoms with Gasteiger partial charge in [-0.05, 0) is 55.0 Å². The van der Waals surface area contributed by atoms with Gasteiger partial charge in [0.25, 0.3) is 21.8 Å². The Balaban J connectivity index is 1.50. The highest BCUT2D eigenvalue weighted by atomic mass is 32.2. The van der Waals surface area contributed by atoms with Gasteiger partial charge in [-0.3, -0.25) is 29.5 Å². The minimum absolute atomic E-state index is 0.0426. The van der Waals surface area contributed by atoms with Gasteiger partial charge in [0.15, 0.2) is 0 Å². The van der Waals surface area contributed by atoms with Crippen LogP contribution in [0.15, 0.2) is 47.5 Å². The first kappa shape index (κ1) is 27.9. The molecule has 4 amide bonds. The first-order chi connectivity index (χ1) is 17.7. The van der Waals surface area contributed by atoms with Crippen molar-refractivity contribution in [3.05, 3.63) is 59.4 Å². The Morgan fingerprint density at radius 1 is 0.919 bits per heavy atom. The number of sulfonamides is 1. The summed E-state index contributed by atoms with van der Waals surface area (Å²) in [7, 11) is -4.16. The van der Waals surface area contributed by atoms with E-state index in [0.29, 0.717) is 25.3 Å². The van der Waals surface area contributed by atoms with Crippen LogP contribution in [0.4, 0.5) is 0 Å². The van der Waals surface area contributed by atoms with Gasteiger partial charge in [0, 0.05) is 19.2 Å². The summed E-state index contributed by atoms with van der Waals surface area (Å²) in [6, 6.07) is 8.42. The summed E-state index contributed by atoms with van der Waals surface area (Å²) in [5.41, 5.74) is 5.74. The molecular formula is C25H31N5O6S. The smallest absolute Gasteiger partial charge is 0.276 e. The van der Waals surface area contributed by atoms with E-state index in [1.807, 2.05) is 10.0 Å². The van der Waals surface area contributed by atoms with Crippen LogP contribution in [0.3, 0.4) is 0 Å². The normalized spacial score (nSPS) is 14.0. The SMILES string of the molecule is NCC(=O)NC(=O)c1ccc(C(=O)NS(=O)(=O)c2ccc(CCNC(=O)CC3CCCCC3)cc2)cn1. The molecule has 1 aliphatic rings. The summed E-state index contributed by atoms with van der Waals surface area (Å²) >= 11 is 0. The number of aromatic nitrogens is 1. The van der Waals surface area contributed by atoms with E-state index in [2.05, 4.69) is 10.3 Å². The molecule has 37 heavy (non-hydrogen) atoms. The topological polar surface area (TPSA) is 177 Å². The zero-order chi connectivity index (χ0) is 26.8. The van der Waals surface area contributed by atoms with Crippen LogP contribution >= 0.6 is 0 Å². The number of amides is 4. The molecule has 0 aliphatic heterocycles. The number of benzene rings is 1. The third-order valence-electron chi connectivity index (χ3n) is 6.09. The van der Waals surface area contributed by atoms with E-state index in [1.165, 1.54) is 43.5 Å². The third-order valence-corrected chi connectivity index (χ3v) is 7.44. The molecule has 0 atom stereocenters. The molecule has 12 heteroatoms. The third kappa shape index (κ3) is 8.46. The molecule has 0 saturated heterocycles. The second-order valence-corrected chi connectivity index (χ2v) is 10.6. The van der Waals surface area contributed by atoms with Crippen LogP contribution in [-0.2, 0) is 26.0 Å². The van der Waals surface area contributed by atoms with Gasteiger partial charge in [0.05, 0.1) is 17.0 Å². The molecule has 1 aromatic carbocycles. The number of carbonyl (C=O) groups is 4. The van der Waals surface area contributed by atoms with E-state index < -0.39 is 27.7 Å². The average molecular weight is 530 g/mol. The number of nitrogens with zero attached hydrogens (tertiary/aromatic N) is 1. The molecule has 1 aromatic heterocycles. The molecule has 1 aliphatic carbocycles. The Morgan fingerprint density at radius 2 is 1.62 bits per heavy atom. The number of rotatable bonds is 10. The molecule has 0 unspecified atom stereocenters. The van der Waals surface area contributed by atoms with Crippen molar-refractivity contribution in [1.82, 2.24) is 20.3 Å².